The Balaban J connectivity index is 1.12. The summed E-state index contributed by atoms with van der Waals surface area (Å²) >= 11 is 0. The van der Waals surface area contributed by atoms with Gasteiger partial charge in [0.05, 0.1) is 6.10 Å². The predicted octanol–water partition coefficient (Wildman–Crippen LogP) is 3.17. The highest BCUT2D eigenvalue weighted by molar-refractivity contribution is 5.78. The van der Waals surface area contributed by atoms with E-state index in [1.807, 2.05) is 0 Å². The summed E-state index contributed by atoms with van der Waals surface area (Å²) in [6, 6.07) is 11.2. The van der Waals surface area contributed by atoms with E-state index in [-0.39, 0.29) is 17.9 Å². The molecule has 1 aromatic carbocycles. The number of amides is 1. The summed E-state index contributed by atoms with van der Waals surface area (Å²) in [6.07, 6.45) is 11.4. The second kappa shape index (κ2) is 11.1. The number of carbonyl (C=O) groups is 1. The van der Waals surface area contributed by atoms with Crippen LogP contribution in [0.1, 0.15) is 44.1 Å². The molecule has 0 spiro atoms. The summed E-state index contributed by atoms with van der Waals surface area (Å²) in [6.45, 7) is 7.05. The molecule has 0 aromatic heterocycles. The van der Waals surface area contributed by atoms with Gasteiger partial charge in [0.25, 0.3) is 0 Å². The fourth-order valence-electron chi connectivity index (χ4n) is 5.06. The molecule has 1 atom stereocenters. The molecule has 0 unspecified atom stereocenters. The highest BCUT2D eigenvalue weighted by Gasteiger charge is 2.30. The number of ether oxygens (including phenoxy) is 1. The van der Waals surface area contributed by atoms with E-state index in [9.17, 15) is 4.79 Å². The molecule has 3 saturated heterocycles. The number of rotatable bonds is 7. The van der Waals surface area contributed by atoms with Crippen molar-refractivity contribution in [3.8, 4) is 0 Å². The number of carbonyl (C=O) groups excluding carboxylic acids is 1. The van der Waals surface area contributed by atoms with Crippen molar-refractivity contribution in [3.05, 3.63) is 42.0 Å². The third-order valence-electron chi connectivity index (χ3n) is 6.98. The number of nitrogens with zero attached hydrogens (tertiary/aromatic N) is 2. The summed E-state index contributed by atoms with van der Waals surface area (Å²) in [5, 5.41) is 3.13. The minimum Gasteiger partial charge on any atom is -0.376 e. The van der Waals surface area contributed by atoms with Crippen LogP contribution in [0.15, 0.2) is 36.4 Å². The van der Waals surface area contributed by atoms with Gasteiger partial charge < -0.3 is 15.0 Å². The number of benzene rings is 1. The van der Waals surface area contributed by atoms with Crippen molar-refractivity contribution in [3.63, 3.8) is 0 Å². The lowest BCUT2D eigenvalue weighted by molar-refractivity contribution is -0.127. The maximum absolute atomic E-state index is 12.5. The molecule has 4 rings (SSSR count). The van der Waals surface area contributed by atoms with Crippen molar-refractivity contribution in [1.29, 1.82) is 0 Å². The normalized spacial score (nSPS) is 25.1. The molecule has 30 heavy (non-hydrogen) atoms. The molecule has 1 amide bonds. The van der Waals surface area contributed by atoms with Crippen LogP contribution in [0.2, 0.25) is 0 Å². The Morgan fingerprint density at radius 3 is 2.50 bits per heavy atom. The van der Waals surface area contributed by atoms with E-state index in [0.717, 1.165) is 51.9 Å². The van der Waals surface area contributed by atoms with Crippen LogP contribution in [-0.4, -0.2) is 73.7 Å². The molecule has 3 aliphatic heterocycles. The highest BCUT2D eigenvalue weighted by atomic mass is 16.5. The van der Waals surface area contributed by atoms with E-state index in [0.29, 0.717) is 12.6 Å². The summed E-state index contributed by atoms with van der Waals surface area (Å²) in [4.78, 5) is 17.7. The van der Waals surface area contributed by atoms with Gasteiger partial charge in [-0.05, 0) is 70.3 Å². The van der Waals surface area contributed by atoms with Gasteiger partial charge in [0.2, 0.25) is 5.91 Å². The summed E-state index contributed by atoms with van der Waals surface area (Å²) in [7, 11) is 0. The maximum atomic E-state index is 12.5. The third-order valence-corrected chi connectivity index (χ3v) is 6.98. The molecule has 5 heteroatoms. The van der Waals surface area contributed by atoms with Gasteiger partial charge in [-0.1, -0.05) is 42.5 Å². The number of nitrogens with one attached hydrogen (secondary N) is 1. The van der Waals surface area contributed by atoms with Gasteiger partial charge in [0, 0.05) is 31.7 Å². The molecule has 164 valence electrons. The first-order valence-electron chi connectivity index (χ1n) is 11.9. The van der Waals surface area contributed by atoms with Crippen LogP contribution in [0.4, 0.5) is 0 Å². The van der Waals surface area contributed by atoms with Crippen LogP contribution >= 0.6 is 0 Å². The lowest BCUT2D eigenvalue weighted by atomic mass is 9.92. The van der Waals surface area contributed by atoms with Gasteiger partial charge in [-0.25, -0.2) is 0 Å². The zero-order valence-electron chi connectivity index (χ0n) is 18.2. The Morgan fingerprint density at radius 2 is 1.80 bits per heavy atom. The van der Waals surface area contributed by atoms with Gasteiger partial charge in [-0.2, -0.15) is 0 Å². The Hall–Kier alpha value is -1.69. The molecule has 1 N–H and O–H groups in total. The van der Waals surface area contributed by atoms with Crippen molar-refractivity contribution in [2.24, 2.45) is 5.92 Å². The molecule has 3 fully saturated rings. The standard InChI is InChI=1S/C25H37N3O2/c29-25(26-20-24-9-5-19-30-24)22-10-17-28(18-11-22)23-12-15-27(16-13-23)14-4-8-21-6-2-1-3-7-21/h1-4,6-8,22-24H,5,9-20H2,(H,26,29)/b8-4+/t24-/m1/s1. The molecule has 3 aliphatic rings. The van der Waals surface area contributed by atoms with Gasteiger partial charge in [-0.15, -0.1) is 0 Å². The Labute approximate surface area is 181 Å². The van der Waals surface area contributed by atoms with Crippen molar-refractivity contribution >= 4 is 12.0 Å². The van der Waals surface area contributed by atoms with Crippen molar-refractivity contribution in [2.45, 2.75) is 50.7 Å². The lowest BCUT2D eigenvalue weighted by Crippen LogP contribution is -2.49. The van der Waals surface area contributed by atoms with Crippen molar-refractivity contribution < 1.29 is 9.53 Å². The molecular formula is C25H37N3O2. The maximum Gasteiger partial charge on any atom is 0.223 e. The number of hydrogen-bond donors (Lipinski definition) is 1. The largest absolute Gasteiger partial charge is 0.376 e. The van der Waals surface area contributed by atoms with E-state index in [1.54, 1.807) is 0 Å². The van der Waals surface area contributed by atoms with Crippen LogP contribution in [0, 0.1) is 5.92 Å². The summed E-state index contributed by atoms with van der Waals surface area (Å²) < 4.78 is 5.61. The number of piperidine rings is 2. The first kappa shape index (κ1) is 21.5. The fourth-order valence-corrected chi connectivity index (χ4v) is 5.06. The minimum absolute atomic E-state index is 0.186. The molecule has 0 aliphatic carbocycles. The smallest absolute Gasteiger partial charge is 0.223 e. The fraction of sp³-hybridized carbons (Fsp3) is 0.640. The predicted molar refractivity (Wildman–Crippen MR) is 121 cm³/mol. The molecule has 0 radical (unpaired) electrons. The van der Waals surface area contributed by atoms with Crippen LogP contribution in [-0.2, 0) is 9.53 Å². The number of likely N-dealkylation sites (tertiary alicyclic amines) is 2. The first-order chi connectivity index (χ1) is 14.8. The summed E-state index contributed by atoms with van der Waals surface area (Å²) in [5.41, 5.74) is 1.27. The molecule has 0 saturated carbocycles. The second-order valence-corrected chi connectivity index (χ2v) is 9.04. The SMILES string of the molecule is O=C(NC[C@H]1CCCO1)C1CCN(C2CCN(C/C=C/c3ccccc3)CC2)CC1. The molecule has 3 heterocycles. The van der Waals surface area contributed by atoms with Crippen LogP contribution in [0.3, 0.4) is 0 Å². The molecule has 1 aromatic rings. The lowest BCUT2D eigenvalue weighted by Gasteiger charge is -2.41. The number of hydrogen-bond acceptors (Lipinski definition) is 4. The highest BCUT2D eigenvalue weighted by Crippen LogP contribution is 2.24. The quantitative estimate of drug-likeness (QED) is 0.749. The average molecular weight is 412 g/mol. The second-order valence-electron chi connectivity index (χ2n) is 9.04. The topological polar surface area (TPSA) is 44.8 Å². The zero-order chi connectivity index (χ0) is 20.6. The van der Waals surface area contributed by atoms with E-state index < -0.39 is 0 Å². The monoisotopic (exact) mass is 411 g/mol. The zero-order valence-corrected chi connectivity index (χ0v) is 18.2. The Morgan fingerprint density at radius 1 is 1.03 bits per heavy atom. The van der Waals surface area contributed by atoms with Crippen LogP contribution < -0.4 is 5.32 Å². The van der Waals surface area contributed by atoms with Gasteiger partial charge >= 0.3 is 0 Å². The Kier molecular flexibility index (Phi) is 7.95. The van der Waals surface area contributed by atoms with Gasteiger partial charge in [0.15, 0.2) is 0 Å². The van der Waals surface area contributed by atoms with Gasteiger partial charge in [0.1, 0.15) is 0 Å². The van der Waals surface area contributed by atoms with Crippen molar-refractivity contribution in [2.75, 3.05) is 45.9 Å². The van der Waals surface area contributed by atoms with E-state index in [1.165, 1.54) is 31.5 Å². The molecular weight excluding hydrogens is 374 g/mol. The minimum atomic E-state index is 0.186. The first-order valence-corrected chi connectivity index (χ1v) is 11.9. The third kappa shape index (κ3) is 6.16. The average Bonchev–Trinajstić information content (AvgIpc) is 3.33. The summed E-state index contributed by atoms with van der Waals surface area (Å²) in [5.74, 6) is 0.427. The van der Waals surface area contributed by atoms with E-state index >= 15 is 0 Å². The van der Waals surface area contributed by atoms with Crippen LogP contribution in [0.5, 0.6) is 0 Å². The Bertz CT molecular complexity index is 671. The van der Waals surface area contributed by atoms with Gasteiger partial charge in [-0.3, -0.25) is 9.69 Å². The van der Waals surface area contributed by atoms with Crippen molar-refractivity contribution in [1.82, 2.24) is 15.1 Å². The molecule has 0 bridgehead atoms. The van der Waals surface area contributed by atoms with E-state index in [4.69, 9.17) is 4.74 Å². The van der Waals surface area contributed by atoms with Crippen LogP contribution in [0.25, 0.3) is 6.08 Å². The molecule has 5 nitrogen and oxygen atoms in total. The van der Waals surface area contributed by atoms with E-state index in [2.05, 4.69) is 57.6 Å².